The summed E-state index contributed by atoms with van der Waals surface area (Å²) in [5.41, 5.74) is -0.466. The van der Waals surface area contributed by atoms with E-state index in [4.69, 9.17) is 0 Å². The molecule has 0 bridgehead atoms. The van der Waals surface area contributed by atoms with Crippen molar-refractivity contribution in [3.63, 3.8) is 0 Å². The van der Waals surface area contributed by atoms with Crippen LogP contribution in [-0.2, 0) is 0 Å². The van der Waals surface area contributed by atoms with Gasteiger partial charge in [0.05, 0.1) is 18.3 Å². The number of halogens is 1. The molecule has 106 valence electrons. The topological polar surface area (TPSA) is 70.1 Å². The lowest BCUT2D eigenvalue weighted by molar-refractivity contribution is 0.154. The third-order valence-corrected chi connectivity index (χ3v) is 3.89. The second-order valence-electron chi connectivity index (χ2n) is 5.39. The standard InChI is InChI=1S/C13H21FN4O/c1-9-3-5-13(8-19,6-4-9)18-11-10(14)7-16-12(15-2)17-11/h7,9,19H,3-6,8H2,1-2H3,(H2,15,16,17,18). The van der Waals surface area contributed by atoms with Gasteiger partial charge in [0.2, 0.25) is 5.95 Å². The molecule has 3 N–H and O–H groups in total. The molecule has 2 rings (SSSR count). The predicted octanol–water partition coefficient (Wildman–Crippen LogP) is 2.01. The SMILES string of the molecule is CNc1ncc(F)c(NC2(CO)CCC(C)CC2)n1. The molecule has 0 atom stereocenters. The van der Waals surface area contributed by atoms with Crippen LogP contribution in [0.2, 0.25) is 0 Å². The summed E-state index contributed by atoms with van der Waals surface area (Å²) in [5, 5.41) is 15.5. The van der Waals surface area contributed by atoms with E-state index >= 15 is 0 Å². The minimum Gasteiger partial charge on any atom is -0.394 e. The van der Waals surface area contributed by atoms with E-state index in [1.807, 2.05) is 0 Å². The zero-order valence-corrected chi connectivity index (χ0v) is 11.4. The lowest BCUT2D eigenvalue weighted by atomic mass is 9.77. The van der Waals surface area contributed by atoms with Gasteiger partial charge < -0.3 is 15.7 Å². The summed E-state index contributed by atoms with van der Waals surface area (Å²) in [5.74, 6) is 0.680. The van der Waals surface area contributed by atoms with Crippen LogP contribution in [-0.4, -0.2) is 34.3 Å². The van der Waals surface area contributed by atoms with Crippen molar-refractivity contribution < 1.29 is 9.50 Å². The molecule has 0 radical (unpaired) electrons. The quantitative estimate of drug-likeness (QED) is 0.779. The van der Waals surface area contributed by atoms with E-state index in [0.29, 0.717) is 11.9 Å². The summed E-state index contributed by atoms with van der Waals surface area (Å²) in [6.45, 7) is 2.18. The predicted molar refractivity (Wildman–Crippen MR) is 72.6 cm³/mol. The van der Waals surface area contributed by atoms with E-state index in [9.17, 15) is 9.50 Å². The van der Waals surface area contributed by atoms with E-state index < -0.39 is 11.4 Å². The van der Waals surface area contributed by atoms with Gasteiger partial charge >= 0.3 is 0 Å². The van der Waals surface area contributed by atoms with Crippen LogP contribution in [0.15, 0.2) is 6.20 Å². The highest BCUT2D eigenvalue weighted by atomic mass is 19.1. The second-order valence-corrected chi connectivity index (χ2v) is 5.39. The summed E-state index contributed by atoms with van der Waals surface area (Å²) in [6, 6.07) is 0. The first-order chi connectivity index (χ1) is 9.08. The highest BCUT2D eigenvalue weighted by Crippen LogP contribution is 2.34. The van der Waals surface area contributed by atoms with Crippen molar-refractivity contribution >= 4 is 11.8 Å². The molecule has 6 heteroatoms. The van der Waals surface area contributed by atoms with Crippen molar-refractivity contribution in [1.29, 1.82) is 0 Å². The molecule has 1 aliphatic carbocycles. The maximum absolute atomic E-state index is 13.7. The molecule has 0 unspecified atom stereocenters. The molecule has 19 heavy (non-hydrogen) atoms. The van der Waals surface area contributed by atoms with Crippen LogP contribution < -0.4 is 10.6 Å². The van der Waals surface area contributed by atoms with Crippen LogP contribution in [0.4, 0.5) is 16.2 Å². The van der Waals surface area contributed by atoms with Gasteiger partial charge in [-0.3, -0.25) is 0 Å². The zero-order valence-electron chi connectivity index (χ0n) is 11.4. The highest BCUT2D eigenvalue weighted by molar-refractivity contribution is 5.43. The molecule has 1 aliphatic rings. The van der Waals surface area contributed by atoms with E-state index in [2.05, 4.69) is 27.5 Å². The Balaban J connectivity index is 2.18. The molecule has 1 heterocycles. The Labute approximate surface area is 112 Å². The third-order valence-electron chi connectivity index (χ3n) is 3.89. The Morgan fingerprint density at radius 3 is 2.74 bits per heavy atom. The molecular formula is C13H21FN4O. The number of aliphatic hydroxyl groups is 1. The average Bonchev–Trinajstić information content (AvgIpc) is 2.44. The van der Waals surface area contributed by atoms with Gasteiger partial charge in [-0.05, 0) is 31.6 Å². The lowest BCUT2D eigenvalue weighted by Gasteiger charge is -2.39. The molecule has 1 aromatic heterocycles. The second kappa shape index (κ2) is 5.69. The van der Waals surface area contributed by atoms with Crippen molar-refractivity contribution in [2.24, 2.45) is 5.92 Å². The molecule has 0 amide bonds. The maximum atomic E-state index is 13.7. The molecule has 1 saturated carbocycles. The number of aromatic nitrogens is 2. The molecule has 5 nitrogen and oxygen atoms in total. The Morgan fingerprint density at radius 1 is 1.47 bits per heavy atom. The summed E-state index contributed by atoms with van der Waals surface area (Å²) in [6.07, 6.45) is 4.84. The van der Waals surface area contributed by atoms with E-state index in [-0.39, 0.29) is 12.4 Å². The molecule has 0 saturated heterocycles. The number of rotatable bonds is 4. The van der Waals surface area contributed by atoms with Crippen molar-refractivity contribution in [1.82, 2.24) is 9.97 Å². The number of anilines is 2. The largest absolute Gasteiger partial charge is 0.394 e. The summed E-state index contributed by atoms with van der Waals surface area (Å²) in [4.78, 5) is 7.89. The Kier molecular flexibility index (Phi) is 4.19. The van der Waals surface area contributed by atoms with Gasteiger partial charge in [-0.25, -0.2) is 9.37 Å². The molecule has 0 aliphatic heterocycles. The fourth-order valence-electron chi connectivity index (χ4n) is 2.46. The number of aliphatic hydroxyl groups excluding tert-OH is 1. The third kappa shape index (κ3) is 3.12. The van der Waals surface area contributed by atoms with Crippen LogP contribution in [0.5, 0.6) is 0 Å². The van der Waals surface area contributed by atoms with Crippen LogP contribution in [0.3, 0.4) is 0 Å². The van der Waals surface area contributed by atoms with Crippen molar-refractivity contribution in [2.75, 3.05) is 24.3 Å². The van der Waals surface area contributed by atoms with Crippen LogP contribution in [0, 0.1) is 11.7 Å². The summed E-state index contributed by atoms with van der Waals surface area (Å²) >= 11 is 0. The molecule has 0 spiro atoms. The van der Waals surface area contributed by atoms with Gasteiger partial charge in [-0.1, -0.05) is 6.92 Å². The van der Waals surface area contributed by atoms with Gasteiger partial charge in [0, 0.05) is 7.05 Å². The molecule has 1 fully saturated rings. The van der Waals surface area contributed by atoms with Gasteiger partial charge in [0.25, 0.3) is 0 Å². The number of hydrogen-bond acceptors (Lipinski definition) is 5. The van der Waals surface area contributed by atoms with Crippen molar-refractivity contribution in [2.45, 2.75) is 38.1 Å². The lowest BCUT2D eigenvalue weighted by Crippen LogP contribution is -2.45. The fraction of sp³-hybridized carbons (Fsp3) is 0.692. The van der Waals surface area contributed by atoms with E-state index in [1.165, 1.54) is 0 Å². The minimum absolute atomic E-state index is 0.0158. The molecule has 1 aromatic rings. The monoisotopic (exact) mass is 268 g/mol. The first-order valence-corrected chi connectivity index (χ1v) is 6.68. The normalized spacial score (nSPS) is 27.1. The smallest absolute Gasteiger partial charge is 0.224 e. The van der Waals surface area contributed by atoms with E-state index in [1.54, 1.807) is 7.05 Å². The zero-order chi connectivity index (χ0) is 13.9. The van der Waals surface area contributed by atoms with E-state index in [0.717, 1.165) is 31.9 Å². The summed E-state index contributed by atoms with van der Waals surface area (Å²) in [7, 11) is 1.68. The fourth-order valence-corrected chi connectivity index (χ4v) is 2.46. The van der Waals surface area contributed by atoms with Gasteiger partial charge in [-0.2, -0.15) is 4.98 Å². The van der Waals surface area contributed by atoms with Crippen LogP contribution >= 0.6 is 0 Å². The summed E-state index contributed by atoms with van der Waals surface area (Å²) < 4.78 is 13.7. The highest BCUT2D eigenvalue weighted by Gasteiger charge is 2.34. The average molecular weight is 268 g/mol. The Hall–Kier alpha value is -1.43. The minimum atomic E-state index is -0.495. The van der Waals surface area contributed by atoms with Crippen LogP contribution in [0.25, 0.3) is 0 Å². The maximum Gasteiger partial charge on any atom is 0.224 e. The van der Waals surface area contributed by atoms with Crippen LogP contribution in [0.1, 0.15) is 32.6 Å². The number of hydrogen-bond donors (Lipinski definition) is 3. The first kappa shape index (κ1) is 14.0. The Bertz CT molecular complexity index is 433. The molecule has 0 aromatic carbocycles. The van der Waals surface area contributed by atoms with Gasteiger partial charge in [0.15, 0.2) is 11.6 Å². The number of nitrogens with one attached hydrogen (secondary N) is 2. The Morgan fingerprint density at radius 2 is 2.16 bits per heavy atom. The molecular weight excluding hydrogens is 247 g/mol. The van der Waals surface area contributed by atoms with Gasteiger partial charge in [0.1, 0.15) is 0 Å². The number of nitrogens with zero attached hydrogens (tertiary/aromatic N) is 2. The van der Waals surface area contributed by atoms with Crippen molar-refractivity contribution in [3.8, 4) is 0 Å². The van der Waals surface area contributed by atoms with Gasteiger partial charge in [-0.15, -0.1) is 0 Å². The van der Waals surface area contributed by atoms with Crippen molar-refractivity contribution in [3.05, 3.63) is 12.0 Å². The first-order valence-electron chi connectivity index (χ1n) is 6.68.